The van der Waals surface area contributed by atoms with E-state index in [4.69, 9.17) is 34.9 Å². The zero-order valence-electron chi connectivity index (χ0n) is 33.5. The standard InChI is InChI=1S/C45H52F2N6O5/c1-4-7-8-9-15-35-36(58-44(55)57-35)26-52(20-5-2)25-29-13-10-14-34-38-41(50-43(51-42(38)48-29)56-27-45-18-11-21-53(45)22-12-19-45)39(47)40(49-34)32-24-30(54)23-28-16-17-33(46)31(6-3)37(28)32/h3,16-17,23-24,29,54H,4-5,7-15,18-22,25-27H2,1-2H3,(H,48,50,51). The highest BCUT2D eigenvalue weighted by atomic mass is 19.1. The maximum atomic E-state index is 17.3. The van der Waals surface area contributed by atoms with Crippen LogP contribution in [0, 0.1) is 24.0 Å². The maximum Gasteiger partial charge on any atom is 0.519 e. The Morgan fingerprint density at radius 2 is 1.84 bits per heavy atom. The minimum absolute atomic E-state index is 0.0220. The van der Waals surface area contributed by atoms with Crippen LogP contribution in [0.5, 0.6) is 11.8 Å². The first-order valence-corrected chi connectivity index (χ1v) is 21.0. The third-order valence-corrected chi connectivity index (χ3v) is 12.2. The van der Waals surface area contributed by atoms with E-state index in [0.29, 0.717) is 72.8 Å². The number of nitrogens with zero attached hydrogens (tertiary/aromatic N) is 5. The summed E-state index contributed by atoms with van der Waals surface area (Å²) in [6, 6.07) is 5.53. The van der Waals surface area contributed by atoms with Crippen molar-refractivity contribution in [1.29, 1.82) is 0 Å². The molecule has 0 saturated carbocycles. The fourth-order valence-electron chi connectivity index (χ4n) is 9.51. The van der Waals surface area contributed by atoms with Crippen LogP contribution in [0.4, 0.5) is 14.6 Å². The molecule has 1 atom stereocenters. The van der Waals surface area contributed by atoms with E-state index >= 15 is 8.78 Å². The Bertz CT molecular complexity index is 2400. The number of hydrogen-bond acceptors (Lipinski definition) is 11. The van der Waals surface area contributed by atoms with Gasteiger partial charge >= 0.3 is 11.8 Å². The molecule has 58 heavy (non-hydrogen) atoms. The van der Waals surface area contributed by atoms with Crippen molar-refractivity contribution in [2.75, 3.05) is 38.1 Å². The van der Waals surface area contributed by atoms with E-state index in [1.807, 2.05) is 0 Å². The van der Waals surface area contributed by atoms with E-state index in [-0.39, 0.29) is 51.1 Å². The molecule has 2 saturated heterocycles. The number of rotatable bonds is 15. The number of benzene rings is 2. The van der Waals surface area contributed by atoms with Gasteiger partial charge in [-0.05, 0) is 101 Å². The van der Waals surface area contributed by atoms with Crippen LogP contribution in [0.3, 0.4) is 0 Å². The molecule has 3 aromatic heterocycles. The molecular formula is C45H52F2N6O5. The van der Waals surface area contributed by atoms with Crippen LogP contribution in [-0.4, -0.2) is 74.2 Å². The van der Waals surface area contributed by atoms with E-state index in [2.05, 4.69) is 34.9 Å². The van der Waals surface area contributed by atoms with Crippen LogP contribution in [0.25, 0.3) is 32.9 Å². The van der Waals surface area contributed by atoms with Gasteiger partial charge in [-0.25, -0.2) is 18.6 Å². The van der Waals surface area contributed by atoms with Crippen LogP contribution in [0.2, 0.25) is 0 Å². The number of fused-ring (bicyclic) bond motifs is 2. The van der Waals surface area contributed by atoms with E-state index in [1.165, 1.54) is 24.3 Å². The molecule has 6 heterocycles. The third kappa shape index (κ3) is 7.88. The molecule has 8 rings (SSSR count). The fraction of sp³-hybridized carbons (Fsp3) is 0.511. The molecule has 0 amide bonds. The molecular weight excluding hydrogens is 743 g/mol. The number of pyridine rings is 1. The Labute approximate surface area is 337 Å². The lowest BCUT2D eigenvalue weighted by molar-refractivity contribution is 0.108. The highest BCUT2D eigenvalue weighted by Gasteiger charge is 2.45. The number of unbranched alkanes of at least 4 members (excludes halogenated alkanes) is 3. The number of aromatic nitrogens is 3. The first-order valence-electron chi connectivity index (χ1n) is 21.0. The van der Waals surface area contributed by atoms with Gasteiger partial charge in [0.15, 0.2) is 17.3 Å². The fourth-order valence-corrected chi connectivity index (χ4v) is 9.51. The largest absolute Gasteiger partial charge is 0.519 e. The van der Waals surface area contributed by atoms with Gasteiger partial charge in [-0.3, -0.25) is 9.80 Å². The van der Waals surface area contributed by atoms with E-state index in [9.17, 15) is 9.90 Å². The third-order valence-electron chi connectivity index (χ3n) is 12.2. The van der Waals surface area contributed by atoms with Crippen molar-refractivity contribution < 1.29 is 27.5 Å². The lowest BCUT2D eigenvalue weighted by Crippen LogP contribution is -2.43. The molecule has 2 fully saturated rings. The van der Waals surface area contributed by atoms with Crippen LogP contribution >= 0.6 is 0 Å². The van der Waals surface area contributed by atoms with Crippen molar-refractivity contribution in [2.45, 2.75) is 115 Å². The minimum Gasteiger partial charge on any atom is -0.508 e. The molecule has 306 valence electrons. The van der Waals surface area contributed by atoms with Gasteiger partial charge in [0.2, 0.25) is 0 Å². The quantitative estimate of drug-likeness (QED) is 0.0782. The smallest absolute Gasteiger partial charge is 0.508 e. The summed E-state index contributed by atoms with van der Waals surface area (Å²) < 4.78 is 50.0. The number of phenolic OH excluding ortho intramolecular Hbond substituents is 1. The van der Waals surface area contributed by atoms with E-state index in [0.717, 1.165) is 83.8 Å². The Balaban J connectivity index is 1.18. The number of anilines is 1. The van der Waals surface area contributed by atoms with Gasteiger partial charge in [-0.1, -0.05) is 45.1 Å². The van der Waals surface area contributed by atoms with Gasteiger partial charge in [0, 0.05) is 30.0 Å². The normalized spacial score (nSPS) is 17.7. The molecule has 0 aliphatic carbocycles. The summed E-state index contributed by atoms with van der Waals surface area (Å²) in [5.41, 5.74) is 0.542. The van der Waals surface area contributed by atoms with Crippen molar-refractivity contribution in [2.24, 2.45) is 0 Å². The molecule has 1 unspecified atom stereocenters. The summed E-state index contributed by atoms with van der Waals surface area (Å²) in [6.07, 6.45) is 17.7. The number of phenols is 1. The van der Waals surface area contributed by atoms with Crippen molar-refractivity contribution in [3.05, 3.63) is 69.3 Å². The monoisotopic (exact) mass is 794 g/mol. The number of nitrogens with one attached hydrogen (secondary N) is 1. The van der Waals surface area contributed by atoms with Gasteiger partial charge in [0.1, 0.15) is 35.2 Å². The summed E-state index contributed by atoms with van der Waals surface area (Å²) in [6.45, 7) is 8.48. The Morgan fingerprint density at radius 1 is 1.03 bits per heavy atom. The molecule has 0 bridgehead atoms. The van der Waals surface area contributed by atoms with Crippen molar-refractivity contribution >= 4 is 27.5 Å². The van der Waals surface area contributed by atoms with Crippen LogP contribution in [-0.2, 0) is 19.4 Å². The number of ether oxygens (including phenoxy) is 1. The summed E-state index contributed by atoms with van der Waals surface area (Å²) in [4.78, 5) is 31.6. The summed E-state index contributed by atoms with van der Waals surface area (Å²) >= 11 is 0. The minimum atomic E-state index is -0.749. The molecule has 2 aromatic carbocycles. The number of hydrogen-bond donors (Lipinski definition) is 2. The van der Waals surface area contributed by atoms with Crippen LogP contribution < -0.4 is 15.9 Å². The van der Waals surface area contributed by atoms with Gasteiger partial charge < -0.3 is 24.0 Å². The van der Waals surface area contributed by atoms with Crippen molar-refractivity contribution in [1.82, 2.24) is 24.8 Å². The Morgan fingerprint density at radius 3 is 2.62 bits per heavy atom. The van der Waals surface area contributed by atoms with Gasteiger partial charge in [0.25, 0.3) is 0 Å². The van der Waals surface area contributed by atoms with Gasteiger partial charge in [0.05, 0.1) is 28.7 Å². The SMILES string of the molecule is C#Cc1c(F)ccc2cc(O)cc(-c3nc4c5c(nc(OCC67CCCN6CCC7)nc5c3F)NC(CN(CCC)Cc3oc(=O)oc3CCCCCC)CCC4)c12. The van der Waals surface area contributed by atoms with E-state index in [1.54, 1.807) is 0 Å². The molecule has 3 aliphatic rings. The molecule has 11 nitrogen and oxygen atoms in total. The summed E-state index contributed by atoms with van der Waals surface area (Å²) in [5, 5.41) is 15.6. The molecule has 5 aromatic rings. The molecule has 13 heteroatoms. The second kappa shape index (κ2) is 17.0. The zero-order valence-corrected chi connectivity index (χ0v) is 33.5. The zero-order chi connectivity index (χ0) is 40.4. The lowest BCUT2D eigenvalue weighted by Gasteiger charge is -2.32. The Hall–Kier alpha value is -5.06. The van der Waals surface area contributed by atoms with Crippen molar-refractivity contribution in [3.8, 4) is 35.4 Å². The molecule has 0 spiro atoms. The number of aromatic hydroxyl groups is 1. The highest BCUT2D eigenvalue weighted by molar-refractivity contribution is 6.03. The average molecular weight is 795 g/mol. The second-order valence-electron chi connectivity index (χ2n) is 16.2. The first kappa shape index (κ1) is 39.8. The van der Waals surface area contributed by atoms with E-state index < -0.39 is 17.5 Å². The summed E-state index contributed by atoms with van der Waals surface area (Å²) in [5.74, 6) is 1.82. The predicted molar refractivity (Wildman–Crippen MR) is 219 cm³/mol. The second-order valence-corrected chi connectivity index (χ2v) is 16.2. The number of terminal acetylenes is 1. The number of aryl methyl sites for hydroxylation is 2. The molecule has 2 N–H and O–H groups in total. The van der Waals surface area contributed by atoms with Crippen LogP contribution in [0.1, 0.15) is 107 Å². The highest BCUT2D eigenvalue weighted by Crippen LogP contribution is 2.42. The topological polar surface area (TPSA) is 130 Å². The predicted octanol–water partition coefficient (Wildman–Crippen LogP) is 8.52. The lowest BCUT2D eigenvalue weighted by atomic mass is 9.94. The average Bonchev–Trinajstić information content (AvgIpc) is 3.89. The van der Waals surface area contributed by atoms with Crippen molar-refractivity contribution in [3.63, 3.8) is 0 Å². The summed E-state index contributed by atoms with van der Waals surface area (Å²) in [7, 11) is 0. The van der Waals surface area contributed by atoms with Gasteiger partial charge in [-0.2, -0.15) is 9.97 Å². The number of halogens is 2. The molecule has 0 radical (unpaired) electrons. The first-order chi connectivity index (χ1) is 28.2. The Kier molecular flexibility index (Phi) is 11.7. The van der Waals surface area contributed by atoms with Gasteiger partial charge in [-0.15, -0.1) is 6.42 Å². The maximum absolute atomic E-state index is 17.3. The molecule has 3 aliphatic heterocycles. The van der Waals surface area contributed by atoms with Crippen LogP contribution in [0.15, 0.2) is 37.9 Å².